The second kappa shape index (κ2) is 5.86. The summed E-state index contributed by atoms with van der Waals surface area (Å²) >= 11 is 1.81. The molecular formula is C16H24N2OS. The third kappa shape index (κ3) is 2.63. The summed E-state index contributed by atoms with van der Waals surface area (Å²) in [6.07, 6.45) is 6.02. The fraction of sp³-hybridized carbons (Fsp3) is 0.688. The van der Waals surface area contributed by atoms with Crippen LogP contribution in [-0.4, -0.2) is 23.4 Å². The predicted molar refractivity (Wildman–Crippen MR) is 82.7 cm³/mol. The average Bonchev–Trinajstić information content (AvgIpc) is 2.91. The summed E-state index contributed by atoms with van der Waals surface area (Å²) < 4.78 is 0. The van der Waals surface area contributed by atoms with E-state index in [2.05, 4.69) is 36.2 Å². The molecule has 3 rings (SSSR count). The van der Waals surface area contributed by atoms with Gasteiger partial charge in [0, 0.05) is 16.3 Å². The van der Waals surface area contributed by atoms with Crippen LogP contribution in [0.2, 0.25) is 0 Å². The maximum absolute atomic E-state index is 12.6. The molecule has 1 aromatic rings. The number of aryl methyl sites for hydroxylation is 1. The molecule has 0 spiro atoms. The lowest BCUT2D eigenvalue weighted by Crippen LogP contribution is -2.37. The van der Waals surface area contributed by atoms with Crippen LogP contribution in [-0.2, 0) is 4.79 Å². The Bertz CT molecular complexity index is 481. The van der Waals surface area contributed by atoms with Gasteiger partial charge in [0.15, 0.2) is 0 Å². The largest absolute Gasteiger partial charge is 0.320 e. The van der Waals surface area contributed by atoms with Crippen molar-refractivity contribution in [3.63, 3.8) is 0 Å². The highest BCUT2D eigenvalue weighted by Crippen LogP contribution is 2.35. The molecule has 1 aliphatic carbocycles. The monoisotopic (exact) mass is 292 g/mol. The quantitative estimate of drug-likeness (QED) is 0.901. The Hall–Kier alpha value is -0.870. The fourth-order valence-corrected chi connectivity index (χ4v) is 4.11. The van der Waals surface area contributed by atoms with Crippen molar-refractivity contribution in [3.05, 3.63) is 21.9 Å². The number of hydrogen-bond donors (Lipinski definition) is 1. The Balaban J connectivity index is 1.78. The molecule has 0 bridgehead atoms. The van der Waals surface area contributed by atoms with Crippen LogP contribution >= 0.6 is 11.3 Å². The summed E-state index contributed by atoms with van der Waals surface area (Å²) in [7, 11) is 0. The van der Waals surface area contributed by atoms with Gasteiger partial charge in [-0.3, -0.25) is 10.1 Å². The fourth-order valence-electron chi connectivity index (χ4n) is 3.16. The highest BCUT2D eigenvalue weighted by atomic mass is 32.1. The zero-order valence-electron chi connectivity index (χ0n) is 12.4. The Morgan fingerprint density at radius 1 is 1.40 bits per heavy atom. The number of carbonyl (C=O) groups is 1. The molecule has 1 amide bonds. The molecular weight excluding hydrogens is 268 g/mol. The van der Waals surface area contributed by atoms with Crippen molar-refractivity contribution < 1.29 is 4.79 Å². The van der Waals surface area contributed by atoms with Crippen molar-refractivity contribution in [3.8, 4) is 0 Å². The molecule has 4 heteroatoms. The van der Waals surface area contributed by atoms with Crippen molar-refractivity contribution in [2.24, 2.45) is 5.92 Å². The summed E-state index contributed by atoms with van der Waals surface area (Å²) in [6.45, 7) is 5.21. The molecule has 0 radical (unpaired) electrons. The average molecular weight is 292 g/mol. The van der Waals surface area contributed by atoms with Gasteiger partial charge in [-0.05, 0) is 44.2 Å². The highest BCUT2D eigenvalue weighted by molar-refractivity contribution is 7.12. The topological polar surface area (TPSA) is 32.3 Å². The van der Waals surface area contributed by atoms with Crippen molar-refractivity contribution >= 4 is 17.2 Å². The van der Waals surface area contributed by atoms with Gasteiger partial charge < -0.3 is 4.90 Å². The van der Waals surface area contributed by atoms with Gasteiger partial charge in [-0.15, -0.1) is 11.3 Å². The van der Waals surface area contributed by atoms with Crippen molar-refractivity contribution in [2.75, 3.05) is 6.54 Å². The van der Waals surface area contributed by atoms with Gasteiger partial charge in [0.05, 0.1) is 6.04 Å². The van der Waals surface area contributed by atoms with Crippen LogP contribution in [0.4, 0.5) is 0 Å². The van der Waals surface area contributed by atoms with Crippen LogP contribution in [0.5, 0.6) is 0 Å². The van der Waals surface area contributed by atoms with E-state index in [1.54, 1.807) is 0 Å². The summed E-state index contributed by atoms with van der Waals surface area (Å²) in [5.74, 6) is 1.04. The van der Waals surface area contributed by atoms with E-state index in [4.69, 9.17) is 0 Å². The molecule has 1 aromatic heterocycles. The molecule has 1 saturated carbocycles. The van der Waals surface area contributed by atoms with Gasteiger partial charge in [-0.1, -0.05) is 19.8 Å². The van der Waals surface area contributed by atoms with E-state index in [0.717, 1.165) is 25.3 Å². The van der Waals surface area contributed by atoms with E-state index >= 15 is 0 Å². The molecule has 2 unspecified atom stereocenters. The third-order valence-electron chi connectivity index (χ3n) is 4.54. The Morgan fingerprint density at radius 3 is 2.75 bits per heavy atom. The summed E-state index contributed by atoms with van der Waals surface area (Å²) in [5.41, 5.74) is 0. The van der Waals surface area contributed by atoms with Crippen molar-refractivity contribution in [2.45, 2.75) is 58.2 Å². The lowest BCUT2D eigenvalue weighted by atomic mass is 9.85. The first-order chi connectivity index (χ1) is 9.69. The second-order valence-electron chi connectivity index (χ2n) is 6.15. The smallest absolute Gasteiger partial charge is 0.241 e. The Kier molecular flexibility index (Phi) is 4.13. The minimum atomic E-state index is 0.0208. The van der Waals surface area contributed by atoms with E-state index in [1.165, 1.54) is 29.0 Å². The molecule has 1 aliphatic heterocycles. The van der Waals surface area contributed by atoms with Gasteiger partial charge >= 0.3 is 0 Å². The normalized spacial score (nSPS) is 27.1. The first-order valence-corrected chi connectivity index (χ1v) is 8.63. The number of thiophene rings is 1. The summed E-state index contributed by atoms with van der Waals surface area (Å²) in [4.78, 5) is 17.3. The number of nitrogens with one attached hydrogen (secondary N) is 1. The number of hydrogen-bond acceptors (Lipinski definition) is 3. The molecule has 110 valence electrons. The highest BCUT2D eigenvalue weighted by Gasteiger charge is 2.40. The molecule has 2 aliphatic rings. The minimum absolute atomic E-state index is 0.0208. The van der Waals surface area contributed by atoms with E-state index < -0.39 is 0 Å². The lowest BCUT2D eigenvalue weighted by molar-refractivity contribution is -0.131. The van der Waals surface area contributed by atoms with Crippen molar-refractivity contribution in [1.29, 1.82) is 0 Å². The third-order valence-corrected chi connectivity index (χ3v) is 5.59. The second-order valence-corrected chi connectivity index (χ2v) is 7.47. The van der Waals surface area contributed by atoms with E-state index in [9.17, 15) is 4.79 Å². The van der Waals surface area contributed by atoms with Gasteiger partial charge in [0.1, 0.15) is 6.17 Å². The van der Waals surface area contributed by atoms with Gasteiger partial charge in [-0.2, -0.15) is 0 Å². The number of nitrogens with zero attached hydrogens (tertiary/aromatic N) is 1. The van der Waals surface area contributed by atoms with E-state index in [0.29, 0.717) is 5.91 Å². The van der Waals surface area contributed by atoms with Crippen molar-refractivity contribution in [1.82, 2.24) is 10.2 Å². The SMILES string of the molecule is CCCC1NC(c2ccc(C)s2)N(CC2CCC2)C1=O. The lowest BCUT2D eigenvalue weighted by Gasteiger charge is -2.32. The van der Waals surface area contributed by atoms with Crippen LogP contribution < -0.4 is 5.32 Å². The predicted octanol–water partition coefficient (Wildman–Crippen LogP) is 3.46. The number of rotatable bonds is 5. The van der Waals surface area contributed by atoms with Gasteiger partial charge in [0.2, 0.25) is 5.91 Å². The molecule has 2 atom stereocenters. The first kappa shape index (κ1) is 14.1. The standard InChI is InChI=1S/C16H24N2OS/c1-3-5-13-16(19)18(10-12-6-4-7-12)15(17-13)14-9-8-11(2)20-14/h8-9,12-13,15,17H,3-7,10H2,1-2H3. The van der Waals surface area contributed by atoms with Crippen LogP contribution in [0.3, 0.4) is 0 Å². The summed E-state index contributed by atoms with van der Waals surface area (Å²) in [5, 5.41) is 3.56. The van der Waals surface area contributed by atoms with Gasteiger partial charge in [0.25, 0.3) is 0 Å². The van der Waals surface area contributed by atoms with E-state index in [1.807, 2.05) is 11.3 Å². The Labute approximate surface area is 125 Å². The maximum atomic E-state index is 12.6. The van der Waals surface area contributed by atoms with Crippen LogP contribution in [0.25, 0.3) is 0 Å². The zero-order chi connectivity index (χ0) is 14.1. The molecule has 0 aromatic carbocycles. The molecule has 3 nitrogen and oxygen atoms in total. The van der Waals surface area contributed by atoms with E-state index in [-0.39, 0.29) is 12.2 Å². The number of amides is 1. The summed E-state index contributed by atoms with van der Waals surface area (Å²) in [6, 6.07) is 4.35. The van der Waals surface area contributed by atoms with Gasteiger partial charge in [-0.25, -0.2) is 0 Å². The van der Waals surface area contributed by atoms with Crippen LogP contribution in [0, 0.1) is 12.8 Å². The zero-order valence-corrected chi connectivity index (χ0v) is 13.2. The molecule has 20 heavy (non-hydrogen) atoms. The molecule has 1 N–H and O–H groups in total. The van der Waals surface area contributed by atoms with Crippen LogP contribution in [0.15, 0.2) is 12.1 Å². The van der Waals surface area contributed by atoms with Crippen LogP contribution in [0.1, 0.15) is 54.9 Å². The minimum Gasteiger partial charge on any atom is -0.320 e. The molecule has 2 heterocycles. The Morgan fingerprint density at radius 2 is 2.20 bits per heavy atom. The molecule has 1 saturated heterocycles. The maximum Gasteiger partial charge on any atom is 0.241 e. The number of carbonyl (C=O) groups excluding carboxylic acids is 1. The molecule has 2 fully saturated rings. The first-order valence-electron chi connectivity index (χ1n) is 7.82.